The molecule has 0 aliphatic heterocycles. The molecule has 7 heteroatoms. The van der Waals surface area contributed by atoms with Gasteiger partial charge >= 0.3 is 0 Å². The van der Waals surface area contributed by atoms with E-state index in [4.69, 9.17) is 4.42 Å². The van der Waals surface area contributed by atoms with Crippen molar-refractivity contribution in [2.75, 3.05) is 33.2 Å². The fourth-order valence-electron chi connectivity index (χ4n) is 1.97. The summed E-state index contributed by atoms with van der Waals surface area (Å²) < 4.78 is 33.1. The maximum atomic E-state index is 12.5. The van der Waals surface area contributed by atoms with Crippen LogP contribution < -0.4 is 5.32 Å². The topological polar surface area (TPSA) is 65.8 Å². The van der Waals surface area contributed by atoms with Crippen LogP contribution in [-0.2, 0) is 16.8 Å². The third-order valence-corrected chi connectivity index (χ3v) is 5.25. The zero-order chi connectivity index (χ0) is 15.7. The molecule has 1 rings (SSSR count). The number of hydrogen-bond donors (Lipinski definition) is 1. The second kappa shape index (κ2) is 9.19. The van der Waals surface area contributed by atoms with Crippen LogP contribution in [0.4, 0.5) is 0 Å². The predicted octanol–water partition coefficient (Wildman–Crippen LogP) is 1.67. The minimum Gasteiger partial charge on any atom is -0.468 e. The molecule has 0 saturated carbocycles. The van der Waals surface area contributed by atoms with Crippen LogP contribution in [0, 0.1) is 0 Å². The van der Waals surface area contributed by atoms with E-state index in [9.17, 15) is 8.42 Å². The van der Waals surface area contributed by atoms with E-state index >= 15 is 0 Å². The van der Waals surface area contributed by atoms with E-state index in [-0.39, 0.29) is 6.54 Å². The first-order chi connectivity index (χ1) is 10.0. The highest BCUT2D eigenvalue weighted by Gasteiger charge is 2.26. The molecule has 0 amide bonds. The lowest BCUT2D eigenvalue weighted by Crippen LogP contribution is -2.42. The Morgan fingerprint density at radius 3 is 2.62 bits per heavy atom. The Morgan fingerprint density at radius 1 is 1.29 bits per heavy atom. The Bertz CT molecular complexity index is 474. The molecule has 0 bridgehead atoms. The largest absolute Gasteiger partial charge is 0.468 e. The first-order valence-corrected chi connectivity index (χ1v) is 8.86. The standard InChI is InChI=1S/C14H27N3O3S/c1-4-9-15-10-7-11-16(3)21(18,19)17(5-2)13-14-8-6-12-20-14/h6,8,12,15H,4-5,7,9-11,13H2,1-3H3. The smallest absolute Gasteiger partial charge is 0.282 e. The zero-order valence-electron chi connectivity index (χ0n) is 13.2. The van der Waals surface area contributed by atoms with E-state index in [0.717, 1.165) is 25.9 Å². The van der Waals surface area contributed by atoms with Gasteiger partial charge in [0.25, 0.3) is 10.2 Å². The summed E-state index contributed by atoms with van der Waals surface area (Å²) >= 11 is 0. The molecular formula is C14H27N3O3S. The van der Waals surface area contributed by atoms with Gasteiger partial charge in [-0.05, 0) is 38.1 Å². The van der Waals surface area contributed by atoms with Crippen molar-refractivity contribution in [2.45, 2.75) is 33.2 Å². The van der Waals surface area contributed by atoms with Crippen molar-refractivity contribution >= 4 is 10.2 Å². The molecule has 0 aliphatic carbocycles. The van der Waals surface area contributed by atoms with Crippen molar-refractivity contribution in [1.29, 1.82) is 0 Å². The van der Waals surface area contributed by atoms with Crippen molar-refractivity contribution in [1.82, 2.24) is 13.9 Å². The van der Waals surface area contributed by atoms with Gasteiger partial charge in [0.2, 0.25) is 0 Å². The van der Waals surface area contributed by atoms with E-state index in [0.29, 0.717) is 18.8 Å². The van der Waals surface area contributed by atoms with E-state index in [1.54, 1.807) is 25.4 Å². The van der Waals surface area contributed by atoms with Gasteiger partial charge in [0.15, 0.2) is 0 Å². The van der Waals surface area contributed by atoms with Crippen LogP contribution in [0.25, 0.3) is 0 Å². The van der Waals surface area contributed by atoms with Gasteiger partial charge in [-0.25, -0.2) is 0 Å². The molecule has 0 atom stereocenters. The lowest BCUT2D eigenvalue weighted by Gasteiger charge is -2.26. The quantitative estimate of drug-likeness (QED) is 0.631. The summed E-state index contributed by atoms with van der Waals surface area (Å²) in [6.07, 6.45) is 3.44. The molecule has 0 saturated heterocycles. The lowest BCUT2D eigenvalue weighted by atomic mass is 10.4. The molecular weight excluding hydrogens is 290 g/mol. The predicted molar refractivity (Wildman–Crippen MR) is 84.1 cm³/mol. The Labute approximate surface area is 128 Å². The number of hydrogen-bond acceptors (Lipinski definition) is 4. The third kappa shape index (κ3) is 5.78. The molecule has 1 aromatic rings. The molecule has 0 aromatic carbocycles. The molecule has 6 nitrogen and oxygen atoms in total. The Morgan fingerprint density at radius 2 is 2.05 bits per heavy atom. The molecule has 1 heterocycles. The van der Waals surface area contributed by atoms with Gasteiger partial charge in [0.05, 0.1) is 12.8 Å². The third-order valence-electron chi connectivity index (χ3n) is 3.24. The summed E-state index contributed by atoms with van der Waals surface area (Å²) in [5, 5.41) is 3.27. The molecule has 122 valence electrons. The van der Waals surface area contributed by atoms with Crippen LogP contribution in [0.1, 0.15) is 32.4 Å². The molecule has 0 fully saturated rings. The van der Waals surface area contributed by atoms with E-state index < -0.39 is 10.2 Å². The normalized spacial score (nSPS) is 12.4. The molecule has 0 unspecified atom stereocenters. The lowest BCUT2D eigenvalue weighted by molar-refractivity contribution is 0.337. The molecule has 0 spiro atoms. The van der Waals surface area contributed by atoms with Crippen molar-refractivity contribution in [3.63, 3.8) is 0 Å². The number of nitrogens with one attached hydrogen (secondary N) is 1. The van der Waals surface area contributed by atoms with Gasteiger partial charge < -0.3 is 9.73 Å². The first kappa shape index (κ1) is 18.2. The number of furan rings is 1. The van der Waals surface area contributed by atoms with Crippen LogP contribution in [0.15, 0.2) is 22.8 Å². The summed E-state index contributed by atoms with van der Waals surface area (Å²) in [6, 6.07) is 3.55. The minimum absolute atomic E-state index is 0.268. The highest BCUT2D eigenvalue weighted by molar-refractivity contribution is 7.86. The van der Waals surface area contributed by atoms with Gasteiger partial charge in [-0.3, -0.25) is 0 Å². The Balaban J connectivity index is 2.51. The fourth-order valence-corrected chi connectivity index (χ4v) is 3.34. The second-order valence-corrected chi connectivity index (χ2v) is 6.97. The summed E-state index contributed by atoms with van der Waals surface area (Å²) in [5.41, 5.74) is 0. The monoisotopic (exact) mass is 317 g/mol. The van der Waals surface area contributed by atoms with Crippen LogP contribution in [-0.4, -0.2) is 50.3 Å². The minimum atomic E-state index is -3.44. The molecule has 21 heavy (non-hydrogen) atoms. The highest BCUT2D eigenvalue weighted by atomic mass is 32.2. The zero-order valence-corrected chi connectivity index (χ0v) is 14.0. The van der Waals surface area contributed by atoms with Crippen molar-refractivity contribution < 1.29 is 12.8 Å². The molecule has 0 radical (unpaired) electrons. The first-order valence-electron chi connectivity index (χ1n) is 7.46. The number of nitrogens with zero attached hydrogens (tertiary/aromatic N) is 2. The van der Waals surface area contributed by atoms with E-state index in [1.165, 1.54) is 8.61 Å². The summed E-state index contributed by atoms with van der Waals surface area (Å²) in [4.78, 5) is 0. The molecule has 0 aliphatic rings. The SMILES string of the molecule is CCCNCCCN(C)S(=O)(=O)N(CC)Cc1ccco1. The Kier molecular flexibility index (Phi) is 7.95. The summed E-state index contributed by atoms with van der Waals surface area (Å²) in [5.74, 6) is 0.651. The van der Waals surface area contributed by atoms with E-state index in [2.05, 4.69) is 12.2 Å². The van der Waals surface area contributed by atoms with Crippen LogP contribution in [0.3, 0.4) is 0 Å². The average Bonchev–Trinajstić information content (AvgIpc) is 2.97. The van der Waals surface area contributed by atoms with Gasteiger partial charge in [-0.2, -0.15) is 17.0 Å². The maximum Gasteiger partial charge on any atom is 0.282 e. The van der Waals surface area contributed by atoms with Crippen molar-refractivity contribution in [2.24, 2.45) is 0 Å². The van der Waals surface area contributed by atoms with Crippen LogP contribution in [0.2, 0.25) is 0 Å². The summed E-state index contributed by atoms with van der Waals surface area (Å²) in [6.45, 7) is 6.93. The van der Waals surface area contributed by atoms with Gasteiger partial charge in [-0.15, -0.1) is 0 Å². The van der Waals surface area contributed by atoms with Crippen LogP contribution >= 0.6 is 0 Å². The maximum absolute atomic E-state index is 12.5. The van der Waals surface area contributed by atoms with Gasteiger partial charge in [-0.1, -0.05) is 13.8 Å². The highest BCUT2D eigenvalue weighted by Crippen LogP contribution is 2.12. The Hall–Kier alpha value is -0.890. The molecule has 1 aromatic heterocycles. The van der Waals surface area contributed by atoms with Gasteiger partial charge in [0.1, 0.15) is 5.76 Å². The molecule has 1 N–H and O–H groups in total. The van der Waals surface area contributed by atoms with Crippen molar-refractivity contribution in [3.8, 4) is 0 Å². The average molecular weight is 317 g/mol. The number of rotatable bonds is 11. The fraction of sp³-hybridized carbons (Fsp3) is 0.714. The summed E-state index contributed by atoms with van der Waals surface area (Å²) in [7, 11) is -1.82. The van der Waals surface area contributed by atoms with Gasteiger partial charge in [0, 0.05) is 20.1 Å². The van der Waals surface area contributed by atoms with Crippen LogP contribution in [0.5, 0.6) is 0 Å². The van der Waals surface area contributed by atoms with E-state index in [1.807, 2.05) is 6.92 Å². The van der Waals surface area contributed by atoms with Crippen molar-refractivity contribution in [3.05, 3.63) is 24.2 Å². The second-order valence-electron chi connectivity index (χ2n) is 4.94.